The Hall–Kier alpha value is -2.80. The summed E-state index contributed by atoms with van der Waals surface area (Å²) in [6.07, 6.45) is 2.35. The molecule has 0 radical (unpaired) electrons. The van der Waals surface area contributed by atoms with Gasteiger partial charge in [0.25, 0.3) is 0 Å². The molecule has 1 aliphatic heterocycles. The number of rotatable bonds is 4. The first-order valence-electron chi connectivity index (χ1n) is 8.71. The van der Waals surface area contributed by atoms with Gasteiger partial charge in [0.05, 0.1) is 5.69 Å². The number of aromatic nitrogens is 1. The highest BCUT2D eigenvalue weighted by Crippen LogP contribution is 2.28. The fraction of sp³-hybridized carbons (Fsp3) is 0.316. The Morgan fingerprint density at radius 1 is 1.19 bits per heavy atom. The van der Waals surface area contributed by atoms with Gasteiger partial charge < -0.3 is 15.4 Å². The number of nitrogens with zero attached hydrogens (tertiary/aromatic N) is 3. The van der Waals surface area contributed by atoms with Crippen molar-refractivity contribution < 1.29 is 14.3 Å². The summed E-state index contributed by atoms with van der Waals surface area (Å²) in [5.41, 5.74) is 6.99. The molecule has 0 atom stereocenters. The zero-order valence-electron chi connectivity index (χ0n) is 14.8. The monoisotopic (exact) mass is 388 g/mol. The predicted octanol–water partition coefficient (Wildman–Crippen LogP) is 3.42. The number of carbonyl (C=O) groups is 2. The number of nitrogens with two attached hydrogens (primary N) is 1. The standard InChI is InChI=1S/C19H21ClN4O3/c20-17-16(7-4-10-22-17)24(18(21)25)15-8-11-23(12-9-15)19(26)27-13-14-5-2-1-3-6-14/h1-7,10,15H,8-9,11-13H2,(H2,21,25). The molecule has 0 spiro atoms. The number of benzene rings is 1. The highest BCUT2D eigenvalue weighted by molar-refractivity contribution is 6.32. The van der Waals surface area contributed by atoms with Gasteiger partial charge in [-0.1, -0.05) is 41.9 Å². The first-order valence-corrected chi connectivity index (χ1v) is 9.09. The van der Waals surface area contributed by atoms with Crippen molar-refractivity contribution in [3.05, 3.63) is 59.4 Å². The van der Waals surface area contributed by atoms with Crippen LogP contribution in [0.2, 0.25) is 5.15 Å². The lowest BCUT2D eigenvalue weighted by Crippen LogP contribution is -2.50. The second kappa shape index (κ2) is 8.73. The van der Waals surface area contributed by atoms with E-state index in [1.807, 2.05) is 30.3 Å². The third kappa shape index (κ3) is 4.68. The molecule has 2 heterocycles. The summed E-state index contributed by atoms with van der Waals surface area (Å²) >= 11 is 6.12. The summed E-state index contributed by atoms with van der Waals surface area (Å²) in [7, 11) is 0. The van der Waals surface area contributed by atoms with E-state index in [0.29, 0.717) is 31.6 Å². The summed E-state index contributed by atoms with van der Waals surface area (Å²) in [5.74, 6) is 0. The van der Waals surface area contributed by atoms with Crippen LogP contribution in [0.5, 0.6) is 0 Å². The molecule has 1 aromatic carbocycles. The summed E-state index contributed by atoms with van der Waals surface area (Å²) in [6, 6.07) is 12.2. The van der Waals surface area contributed by atoms with Crippen LogP contribution in [0.4, 0.5) is 15.3 Å². The number of hydrogen-bond acceptors (Lipinski definition) is 4. The van der Waals surface area contributed by atoms with Crippen molar-refractivity contribution >= 4 is 29.4 Å². The molecule has 2 N–H and O–H groups in total. The predicted molar refractivity (Wildman–Crippen MR) is 103 cm³/mol. The number of piperidine rings is 1. The molecule has 0 saturated carbocycles. The minimum Gasteiger partial charge on any atom is -0.445 e. The van der Waals surface area contributed by atoms with Gasteiger partial charge in [0.15, 0.2) is 5.15 Å². The Balaban J connectivity index is 1.58. The van der Waals surface area contributed by atoms with Gasteiger partial charge >= 0.3 is 12.1 Å². The number of ether oxygens (including phenoxy) is 1. The first kappa shape index (κ1) is 19.0. The maximum absolute atomic E-state index is 12.3. The van der Waals surface area contributed by atoms with Crippen LogP contribution in [-0.2, 0) is 11.3 Å². The van der Waals surface area contributed by atoms with Gasteiger partial charge in [0, 0.05) is 25.3 Å². The van der Waals surface area contributed by atoms with Crippen LogP contribution >= 0.6 is 11.6 Å². The lowest BCUT2D eigenvalue weighted by molar-refractivity contribution is 0.0872. The number of anilines is 1. The zero-order valence-corrected chi connectivity index (χ0v) is 15.5. The molecule has 7 nitrogen and oxygen atoms in total. The molecule has 2 aromatic rings. The number of hydrogen-bond donors (Lipinski definition) is 1. The van der Waals surface area contributed by atoms with Crippen LogP contribution in [0.15, 0.2) is 48.7 Å². The first-order chi connectivity index (χ1) is 13.1. The number of urea groups is 1. The number of carbonyl (C=O) groups excluding carboxylic acids is 2. The van der Waals surface area contributed by atoms with Crippen molar-refractivity contribution in [1.82, 2.24) is 9.88 Å². The van der Waals surface area contributed by atoms with Crippen LogP contribution in [0, 0.1) is 0 Å². The fourth-order valence-corrected chi connectivity index (χ4v) is 3.38. The number of amides is 3. The summed E-state index contributed by atoms with van der Waals surface area (Å²) in [4.78, 5) is 31.4. The molecule has 27 heavy (non-hydrogen) atoms. The number of halogens is 1. The van der Waals surface area contributed by atoms with E-state index in [2.05, 4.69) is 4.98 Å². The topological polar surface area (TPSA) is 88.8 Å². The van der Waals surface area contributed by atoms with E-state index < -0.39 is 6.03 Å². The van der Waals surface area contributed by atoms with Crippen molar-refractivity contribution in [2.24, 2.45) is 5.73 Å². The average Bonchev–Trinajstić information content (AvgIpc) is 2.69. The number of pyridine rings is 1. The van der Waals surface area contributed by atoms with E-state index in [0.717, 1.165) is 5.56 Å². The molecule has 3 amide bonds. The molecule has 8 heteroatoms. The van der Waals surface area contributed by atoms with Gasteiger partial charge in [-0.15, -0.1) is 0 Å². The van der Waals surface area contributed by atoms with E-state index in [-0.39, 0.29) is 23.9 Å². The van der Waals surface area contributed by atoms with Gasteiger partial charge in [-0.3, -0.25) is 4.90 Å². The lowest BCUT2D eigenvalue weighted by atomic mass is 10.0. The maximum atomic E-state index is 12.3. The van der Waals surface area contributed by atoms with Gasteiger partial charge in [-0.25, -0.2) is 14.6 Å². The van der Waals surface area contributed by atoms with E-state index in [4.69, 9.17) is 22.1 Å². The molecule has 1 aliphatic rings. The van der Waals surface area contributed by atoms with Crippen molar-refractivity contribution in [3.63, 3.8) is 0 Å². The molecule has 1 saturated heterocycles. The van der Waals surface area contributed by atoms with Crippen molar-refractivity contribution in [3.8, 4) is 0 Å². The largest absolute Gasteiger partial charge is 0.445 e. The molecular weight excluding hydrogens is 368 g/mol. The smallest absolute Gasteiger partial charge is 0.410 e. The summed E-state index contributed by atoms with van der Waals surface area (Å²) in [6.45, 7) is 1.18. The molecule has 1 aromatic heterocycles. The molecule has 3 rings (SSSR count). The van der Waals surface area contributed by atoms with E-state index in [1.54, 1.807) is 23.2 Å². The van der Waals surface area contributed by atoms with Gasteiger partial charge in [-0.05, 0) is 30.5 Å². The zero-order chi connectivity index (χ0) is 19.2. The van der Waals surface area contributed by atoms with Gasteiger partial charge in [0.2, 0.25) is 0 Å². The Kier molecular flexibility index (Phi) is 6.13. The number of primary amides is 1. The third-order valence-corrected chi connectivity index (χ3v) is 4.82. The van der Waals surface area contributed by atoms with E-state index in [1.165, 1.54) is 4.90 Å². The summed E-state index contributed by atoms with van der Waals surface area (Å²) < 4.78 is 5.37. The van der Waals surface area contributed by atoms with Crippen LogP contribution in [0.1, 0.15) is 18.4 Å². The Morgan fingerprint density at radius 2 is 1.89 bits per heavy atom. The molecule has 142 valence electrons. The SMILES string of the molecule is NC(=O)N(c1cccnc1Cl)C1CCN(C(=O)OCc2ccccc2)CC1. The molecule has 0 bridgehead atoms. The van der Waals surface area contributed by atoms with Crippen molar-refractivity contribution in [2.75, 3.05) is 18.0 Å². The highest BCUT2D eigenvalue weighted by Gasteiger charge is 2.31. The third-order valence-electron chi connectivity index (χ3n) is 4.53. The number of likely N-dealkylation sites (tertiary alicyclic amines) is 1. The average molecular weight is 389 g/mol. The van der Waals surface area contributed by atoms with Crippen molar-refractivity contribution in [2.45, 2.75) is 25.5 Å². The maximum Gasteiger partial charge on any atom is 0.410 e. The fourth-order valence-electron chi connectivity index (χ4n) is 3.17. The highest BCUT2D eigenvalue weighted by atomic mass is 35.5. The van der Waals surface area contributed by atoms with E-state index in [9.17, 15) is 9.59 Å². The van der Waals surface area contributed by atoms with Crippen LogP contribution in [0.3, 0.4) is 0 Å². The molecule has 0 unspecified atom stereocenters. The minimum absolute atomic E-state index is 0.151. The molecule has 1 fully saturated rings. The quantitative estimate of drug-likeness (QED) is 0.812. The van der Waals surface area contributed by atoms with Crippen molar-refractivity contribution in [1.29, 1.82) is 0 Å². The van der Waals surface area contributed by atoms with Crippen LogP contribution in [-0.4, -0.2) is 41.1 Å². The minimum atomic E-state index is -0.588. The van der Waals surface area contributed by atoms with Gasteiger partial charge in [0.1, 0.15) is 6.61 Å². The normalized spacial score (nSPS) is 14.6. The van der Waals surface area contributed by atoms with Crippen LogP contribution < -0.4 is 10.6 Å². The second-order valence-electron chi connectivity index (χ2n) is 6.28. The Labute approximate surface area is 162 Å². The molecule has 0 aliphatic carbocycles. The van der Waals surface area contributed by atoms with Gasteiger partial charge in [-0.2, -0.15) is 0 Å². The van der Waals surface area contributed by atoms with E-state index >= 15 is 0 Å². The molecular formula is C19H21ClN4O3. The lowest BCUT2D eigenvalue weighted by Gasteiger charge is -2.37. The van der Waals surface area contributed by atoms with Crippen LogP contribution in [0.25, 0.3) is 0 Å². The Bertz CT molecular complexity index is 795. The second-order valence-corrected chi connectivity index (χ2v) is 6.64. The summed E-state index contributed by atoms with van der Waals surface area (Å²) in [5, 5.41) is 0.223. The Morgan fingerprint density at radius 3 is 2.52 bits per heavy atom.